The molecule has 0 aromatic heterocycles. The van der Waals surface area contributed by atoms with Crippen LogP contribution < -0.4 is 0 Å². The second-order valence-corrected chi connectivity index (χ2v) is 8.24. The summed E-state index contributed by atoms with van der Waals surface area (Å²) in [6, 6.07) is 9.01. The molecule has 0 spiro atoms. The third-order valence-corrected chi connectivity index (χ3v) is 5.54. The molecule has 0 radical (unpaired) electrons. The zero-order chi connectivity index (χ0) is 18.4. The van der Waals surface area contributed by atoms with E-state index in [1.807, 2.05) is 0 Å². The fraction of sp³-hybridized carbons (Fsp3) is 0.682. The quantitative estimate of drug-likeness (QED) is 0.783. The van der Waals surface area contributed by atoms with Crippen LogP contribution in [0.4, 0.5) is 0 Å². The van der Waals surface area contributed by atoms with E-state index >= 15 is 0 Å². The van der Waals surface area contributed by atoms with E-state index in [0.29, 0.717) is 24.3 Å². The molecule has 0 N–H and O–H groups in total. The van der Waals surface area contributed by atoms with Crippen LogP contribution in [0.1, 0.15) is 44.2 Å². The van der Waals surface area contributed by atoms with Gasteiger partial charge in [0.15, 0.2) is 0 Å². The van der Waals surface area contributed by atoms with Crippen LogP contribution in [-0.2, 0) is 22.4 Å². The number of morpholine rings is 1. The largest absolute Gasteiger partial charge is 0.379 e. The summed E-state index contributed by atoms with van der Waals surface area (Å²) < 4.78 is 5.45. The number of hydrogen-bond acceptors (Lipinski definition) is 3. The van der Waals surface area contributed by atoms with Crippen molar-refractivity contribution in [1.82, 2.24) is 9.80 Å². The van der Waals surface area contributed by atoms with Crippen molar-refractivity contribution in [2.24, 2.45) is 5.92 Å². The van der Waals surface area contributed by atoms with Crippen molar-refractivity contribution in [2.45, 2.75) is 52.0 Å². The Labute approximate surface area is 158 Å². The summed E-state index contributed by atoms with van der Waals surface area (Å²) in [5, 5.41) is 0. The molecule has 2 aliphatic heterocycles. The van der Waals surface area contributed by atoms with Crippen LogP contribution in [0.5, 0.6) is 0 Å². The topological polar surface area (TPSA) is 32.8 Å². The fourth-order valence-corrected chi connectivity index (χ4v) is 4.14. The van der Waals surface area contributed by atoms with E-state index in [4.69, 9.17) is 4.74 Å². The molecule has 2 aliphatic rings. The maximum Gasteiger partial charge on any atom is 0.227 e. The summed E-state index contributed by atoms with van der Waals surface area (Å²) >= 11 is 0. The van der Waals surface area contributed by atoms with Gasteiger partial charge in [-0.05, 0) is 42.7 Å². The summed E-state index contributed by atoms with van der Waals surface area (Å²) in [6.45, 7) is 10.0. The maximum atomic E-state index is 13.0. The van der Waals surface area contributed by atoms with Crippen LogP contribution in [0, 0.1) is 5.92 Å². The molecule has 1 amide bonds. The van der Waals surface area contributed by atoms with Gasteiger partial charge in [-0.15, -0.1) is 0 Å². The van der Waals surface area contributed by atoms with Gasteiger partial charge in [0.2, 0.25) is 5.91 Å². The molecule has 0 bridgehead atoms. The van der Waals surface area contributed by atoms with Crippen LogP contribution in [0.15, 0.2) is 24.3 Å². The predicted molar refractivity (Wildman–Crippen MR) is 105 cm³/mol. The first-order chi connectivity index (χ1) is 12.6. The Bertz CT molecular complexity index is 564. The van der Waals surface area contributed by atoms with Crippen LogP contribution in [0.25, 0.3) is 0 Å². The zero-order valence-electron chi connectivity index (χ0n) is 16.5. The van der Waals surface area contributed by atoms with Crippen molar-refractivity contribution < 1.29 is 9.53 Å². The molecular weight excluding hydrogens is 324 g/mol. The molecule has 1 unspecified atom stereocenters. The lowest BCUT2D eigenvalue weighted by Crippen LogP contribution is -2.51. The Morgan fingerprint density at radius 1 is 1.08 bits per heavy atom. The van der Waals surface area contributed by atoms with Gasteiger partial charge < -0.3 is 9.64 Å². The molecule has 2 fully saturated rings. The number of ether oxygens (including phenoxy) is 1. The average Bonchev–Trinajstić information content (AvgIpc) is 2.64. The highest BCUT2D eigenvalue weighted by Crippen LogP contribution is 2.20. The minimum absolute atomic E-state index is 0.291. The number of likely N-dealkylation sites (tertiary alicyclic amines) is 1. The summed E-state index contributed by atoms with van der Waals surface area (Å²) in [4.78, 5) is 17.6. The van der Waals surface area contributed by atoms with E-state index in [9.17, 15) is 4.79 Å². The van der Waals surface area contributed by atoms with E-state index in [2.05, 4.69) is 47.9 Å². The molecule has 4 heteroatoms. The van der Waals surface area contributed by atoms with Crippen molar-refractivity contribution in [2.75, 3.05) is 39.4 Å². The molecule has 1 aromatic rings. The number of hydrogen-bond donors (Lipinski definition) is 0. The first-order valence-electron chi connectivity index (χ1n) is 10.3. The third-order valence-electron chi connectivity index (χ3n) is 5.54. The molecule has 4 nitrogen and oxygen atoms in total. The number of carbonyl (C=O) groups excluding carboxylic acids is 1. The highest BCUT2D eigenvalue weighted by molar-refractivity contribution is 5.79. The zero-order valence-corrected chi connectivity index (χ0v) is 16.5. The van der Waals surface area contributed by atoms with Crippen molar-refractivity contribution in [3.8, 4) is 0 Å². The second-order valence-electron chi connectivity index (χ2n) is 8.24. The number of carbonyl (C=O) groups is 1. The first kappa shape index (κ1) is 19.4. The Morgan fingerprint density at radius 2 is 1.77 bits per heavy atom. The number of nitrogens with zero attached hydrogens (tertiary/aromatic N) is 2. The number of benzene rings is 1. The van der Waals surface area contributed by atoms with Crippen molar-refractivity contribution in [1.29, 1.82) is 0 Å². The van der Waals surface area contributed by atoms with E-state index in [1.54, 1.807) is 0 Å². The lowest BCUT2D eigenvalue weighted by Gasteiger charge is -2.39. The highest BCUT2D eigenvalue weighted by atomic mass is 16.5. The van der Waals surface area contributed by atoms with Gasteiger partial charge in [-0.3, -0.25) is 9.69 Å². The molecular formula is C22H34N2O2. The standard InChI is InChI=1S/C22H34N2O2/c1-18(2)15-19-6-8-20(9-7-19)16-22(25)24-10-4-3-5-21(24)17-23-11-13-26-14-12-23/h6-9,18,21H,3-5,10-17H2,1-2H3. The number of rotatable bonds is 6. The summed E-state index contributed by atoms with van der Waals surface area (Å²) in [5.74, 6) is 0.955. The predicted octanol–water partition coefficient (Wildman–Crippen LogP) is 3.14. The molecule has 2 heterocycles. The normalized spacial score (nSPS) is 22.0. The minimum atomic E-state index is 0.291. The smallest absolute Gasteiger partial charge is 0.227 e. The molecule has 0 saturated carbocycles. The summed E-state index contributed by atoms with van der Waals surface area (Å²) in [5.41, 5.74) is 2.50. The number of amides is 1. The van der Waals surface area contributed by atoms with Gasteiger partial charge in [0, 0.05) is 32.2 Å². The van der Waals surface area contributed by atoms with Crippen LogP contribution in [-0.4, -0.2) is 61.1 Å². The summed E-state index contributed by atoms with van der Waals surface area (Å²) in [6.07, 6.45) is 5.14. The van der Waals surface area contributed by atoms with Crippen molar-refractivity contribution >= 4 is 5.91 Å². The van der Waals surface area contributed by atoms with Gasteiger partial charge in [-0.1, -0.05) is 38.1 Å². The van der Waals surface area contributed by atoms with Gasteiger partial charge >= 0.3 is 0 Å². The van der Waals surface area contributed by atoms with Crippen LogP contribution in [0.3, 0.4) is 0 Å². The Morgan fingerprint density at radius 3 is 2.46 bits per heavy atom. The van der Waals surface area contributed by atoms with Crippen LogP contribution in [0.2, 0.25) is 0 Å². The average molecular weight is 359 g/mol. The van der Waals surface area contributed by atoms with Gasteiger partial charge in [0.1, 0.15) is 0 Å². The van der Waals surface area contributed by atoms with Gasteiger partial charge in [-0.2, -0.15) is 0 Å². The molecule has 3 rings (SSSR count). The Kier molecular flexibility index (Phi) is 7.09. The molecule has 1 aromatic carbocycles. The Hall–Kier alpha value is -1.39. The van der Waals surface area contributed by atoms with E-state index in [1.165, 1.54) is 12.0 Å². The SMILES string of the molecule is CC(C)Cc1ccc(CC(=O)N2CCCCC2CN2CCOCC2)cc1. The number of piperidine rings is 1. The fourth-order valence-electron chi connectivity index (χ4n) is 4.14. The van der Waals surface area contributed by atoms with Gasteiger partial charge in [-0.25, -0.2) is 0 Å². The highest BCUT2D eigenvalue weighted by Gasteiger charge is 2.28. The lowest BCUT2D eigenvalue weighted by atomic mass is 9.98. The Balaban J connectivity index is 1.57. The van der Waals surface area contributed by atoms with E-state index in [-0.39, 0.29) is 0 Å². The third kappa shape index (κ3) is 5.55. The molecule has 26 heavy (non-hydrogen) atoms. The molecule has 2 saturated heterocycles. The van der Waals surface area contributed by atoms with Gasteiger partial charge in [0.05, 0.1) is 19.6 Å². The van der Waals surface area contributed by atoms with Crippen molar-refractivity contribution in [3.63, 3.8) is 0 Å². The second kappa shape index (κ2) is 9.52. The maximum absolute atomic E-state index is 13.0. The van der Waals surface area contributed by atoms with Crippen LogP contribution >= 0.6 is 0 Å². The molecule has 144 valence electrons. The molecule has 0 aliphatic carbocycles. The first-order valence-corrected chi connectivity index (χ1v) is 10.3. The monoisotopic (exact) mass is 358 g/mol. The lowest BCUT2D eigenvalue weighted by molar-refractivity contribution is -0.134. The minimum Gasteiger partial charge on any atom is -0.379 e. The van der Waals surface area contributed by atoms with Gasteiger partial charge in [0.25, 0.3) is 0 Å². The van der Waals surface area contributed by atoms with E-state index in [0.717, 1.165) is 64.2 Å². The van der Waals surface area contributed by atoms with Crippen molar-refractivity contribution in [3.05, 3.63) is 35.4 Å². The summed E-state index contributed by atoms with van der Waals surface area (Å²) in [7, 11) is 0. The molecule has 1 atom stereocenters. The van der Waals surface area contributed by atoms with E-state index < -0.39 is 0 Å².